The van der Waals surface area contributed by atoms with E-state index in [4.69, 9.17) is 0 Å². The van der Waals surface area contributed by atoms with E-state index < -0.39 is 16.5 Å². The summed E-state index contributed by atoms with van der Waals surface area (Å²) in [6, 6.07) is 15.5. The standard InChI is InChI=1S/C22H26N4O4/c1-22(2,15-27)23-12-11-21(28)25-20(17-9-6-10-18(13-17)26(29)30)14-19(24-25)16-7-4-3-5-8-16/h3-10,13,20,23,27H,11-12,14-15H2,1-2H3. The number of amides is 1. The van der Waals surface area contributed by atoms with Crippen LogP contribution in [0.5, 0.6) is 0 Å². The third kappa shape index (κ3) is 5.08. The number of hydrogen-bond donors (Lipinski definition) is 2. The van der Waals surface area contributed by atoms with Gasteiger partial charge in [-0.1, -0.05) is 42.5 Å². The van der Waals surface area contributed by atoms with Crippen molar-refractivity contribution >= 4 is 17.3 Å². The summed E-state index contributed by atoms with van der Waals surface area (Å²) in [5.41, 5.74) is 1.87. The third-order valence-corrected chi connectivity index (χ3v) is 5.08. The molecule has 1 atom stereocenters. The number of nitro groups is 1. The van der Waals surface area contributed by atoms with Gasteiger partial charge in [0.15, 0.2) is 0 Å². The molecule has 0 aromatic heterocycles. The molecule has 1 unspecified atom stereocenters. The molecule has 1 amide bonds. The molecule has 158 valence electrons. The number of nitrogens with zero attached hydrogens (tertiary/aromatic N) is 3. The van der Waals surface area contributed by atoms with Crippen molar-refractivity contribution in [1.29, 1.82) is 0 Å². The normalized spacial score (nSPS) is 16.4. The molecule has 1 heterocycles. The summed E-state index contributed by atoms with van der Waals surface area (Å²) < 4.78 is 0. The highest BCUT2D eigenvalue weighted by Crippen LogP contribution is 2.34. The maximum atomic E-state index is 13.0. The molecule has 1 aliphatic rings. The van der Waals surface area contributed by atoms with E-state index >= 15 is 0 Å². The second-order valence-electron chi connectivity index (χ2n) is 7.94. The number of benzene rings is 2. The van der Waals surface area contributed by atoms with Gasteiger partial charge in [-0.2, -0.15) is 5.10 Å². The molecule has 8 nitrogen and oxygen atoms in total. The van der Waals surface area contributed by atoms with Gasteiger partial charge in [0, 0.05) is 37.1 Å². The van der Waals surface area contributed by atoms with Crippen LogP contribution < -0.4 is 5.32 Å². The highest BCUT2D eigenvalue weighted by atomic mass is 16.6. The smallest absolute Gasteiger partial charge is 0.269 e. The minimum absolute atomic E-state index is 0.0144. The lowest BCUT2D eigenvalue weighted by atomic mass is 9.98. The Balaban J connectivity index is 1.84. The zero-order valence-electron chi connectivity index (χ0n) is 17.1. The molecule has 30 heavy (non-hydrogen) atoms. The topological polar surface area (TPSA) is 108 Å². The summed E-state index contributed by atoms with van der Waals surface area (Å²) >= 11 is 0. The van der Waals surface area contributed by atoms with Gasteiger partial charge in [-0.3, -0.25) is 14.9 Å². The van der Waals surface area contributed by atoms with E-state index in [1.165, 1.54) is 17.1 Å². The molecule has 1 aliphatic heterocycles. The lowest BCUT2D eigenvalue weighted by molar-refractivity contribution is -0.384. The molecule has 8 heteroatoms. The zero-order valence-corrected chi connectivity index (χ0v) is 17.1. The highest BCUT2D eigenvalue weighted by molar-refractivity contribution is 6.03. The Morgan fingerprint density at radius 1 is 1.27 bits per heavy atom. The lowest BCUT2D eigenvalue weighted by Gasteiger charge is -2.25. The summed E-state index contributed by atoms with van der Waals surface area (Å²) in [6.07, 6.45) is 0.674. The molecule has 0 bridgehead atoms. The Bertz CT molecular complexity index is 943. The van der Waals surface area contributed by atoms with Gasteiger partial charge in [0.05, 0.1) is 23.3 Å². The number of nitro benzene ring substituents is 1. The van der Waals surface area contributed by atoms with Crippen molar-refractivity contribution in [2.45, 2.75) is 38.3 Å². The van der Waals surface area contributed by atoms with E-state index in [1.54, 1.807) is 12.1 Å². The van der Waals surface area contributed by atoms with Gasteiger partial charge in [-0.05, 0) is 25.0 Å². The molecule has 0 spiro atoms. The van der Waals surface area contributed by atoms with Crippen molar-refractivity contribution in [1.82, 2.24) is 10.3 Å². The Morgan fingerprint density at radius 2 is 2.00 bits per heavy atom. The van der Waals surface area contributed by atoms with E-state index in [9.17, 15) is 20.0 Å². The molecule has 0 saturated carbocycles. The maximum Gasteiger partial charge on any atom is 0.269 e. The van der Waals surface area contributed by atoms with Crippen LogP contribution >= 0.6 is 0 Å². The fourth-order valence-electron chi connectivity index (χ4n) is 3.33. The number of carbonyl (C=O) groups excluding carboxylic acids is 1. The van der Waals surface area contributed by atoms with Crippen LogP contribution in [0.25, 0.3) is 0 Å². The molecule has 3 rings (SSSR count). The van der Waals surface area contributed by atoms with Crippen molar-refractivity contribution in [3.63, 3.8) is 0 Å². The predicted octanol–water partition coefficient (Wildman–Crippen LogP) is 3.02. The molecular formula is C22H26N4O4. The van der Waals surface area contributed by atoms with Crippen molar-refractivity contribution in [2.24, 2.45) is 5.10 Å². The summed E-state index contributed by atoms with van der Waals surface area (Å²) in [6.45, 7) is 4.05. The Hall–Kier alpha value is -3.10. The minimum atomic E-state index is -0.483. The van der Waals surface area contributed by atoms with E-state index in [-0.39, 0.29) is 24.6 Å². The molecule has 2 aromatic rings. The van der Waals surface area contributed by atoms with Crippen LogP contribution in [0.1, 0.15) is 43.9 Å². The van der Waals surface area contributed by atoms with Gasteiger partial charge >= 0.3 is 0 Å². The van der Waals surface area contributed by atoms with Crippen molar-refractivity contribution in [2.75, 3.05) is 13.2 Å². The van der Waals surface area contributed by atoms with Gasteiger partial charge in [0.1, 0.15) is 0 Å². The highest BCUT2D eigenvalue weighted by Gasteiger charge is 2.33. The average Bonchev–Trinajstić information content (AvgIpc) is 3.20. The number of aliphatic hydroxyl groups is 1. The van der Waals surface area contributed by atoms with Crippen LogP contribution in [0.2, 0.25) is 0 Å². The summed E-state index contributed by atoms with van der Waals surface area (Å²) in [4.78, 5) is 23.7. The van der Waals surface area contributed by atoms with Gasteiger partial charge in [0.25, 0.3) is 5.69 Å². The maximum absolute atomic E-state index is 13.0. The summed E-state index contributed by atoms with van der Waals surface area (Å²) in [5, 5.41) is 29.7. The zero-order chi connectivity index (χ0) is 21.7. The number of hydrazone groups is 1. The van der Waals surface area contributed by atoms with Crippen LogP contribution in [0.4, 0.5) is 5.69 Å². The Kier molecular flexibility index (Phi) is 6.59. The van der Waals surface area contributed by atoms with E-state index in [2.05, 4.69) is 10.4 Å². The largest absolute Gasteiger partial charge is 0.394 e. The Labute approximate surface area is 175 Å². The quantitative estimate of drug-likeness (QED) is 0.514. The molecular weight excluding hydrogens is 384 g/mol. The van der Waals surface area contributed by atoms with Gasteiger partial charge in [-0.15, -0.1) is 0 Å². The van der Waals surface area contributed by atoms with Crippen LogP contribution in [-0.2, 0) is 4.79 Å². The minimum Gasteiger partial charge on any atom is -0.394 e. The number of rotatable bonds is 8. The lowest BCUT2D eigenvalue weighted by Crippen LogP contribution is -2.44. The first-order valence-electron chi connectivity index (χ1n) is 9.86. The average molecular weight is 410 g/mol. The Morgan fingerprint density at radius 3 is 2.67 bits per heavy atom. The van der Waals surface area contributed by atoms with Gasteiger partial charge in [0.2, 0.25) is 5.91 Å². The van der Waals surface area contributed by atoms with Gasteiger partial charge < -0.3 is 10.4 Å². The van der Waals surface area contributed by atoms with Crippen molar-refractivity contribution in [3.8, 4) is 0 Å². The van der Waals surface area contributed by atoms with E-state index in [0.29, 0.717) is 18.5 Å². The van der Waals surface area contributed by atoms with E-state index in [0.717, 1.165) is 11.3 Å². The first-order chi connectivity index (χ1) is 14.3. The molecule has 2 aromatic carbocycles. The number of carbonyl (C=O) groups is 1. The molecule has 0 saturated heterocycles. The van der Waals surface area contributed by atoms with Crippen molar-refractivity contribution in [3.05, 3.63) is 75.8 Å². The van der Waals surface area contributed by atoms with Crippen LogP contribution in [-0.4, -0.2) is 45.3 Å². The first kappa shape index (κ1) is 21.6. The first-order valence-corrected chi connectivity index (χ1v) is 9.86. The molecule has 0 aliphatic carbocycles. The SMILES string of the molecule is CC(C)(CO)NCCC(=O)N1N=C(c2ccccc2)CC1c1cccc([N+](=O)[O-])c1. The van der Waals surface area contributed by atoms with Crippen LogP contribution in [0.3, 0.4) is 0 Å². The molecule has 0 fully saturated rings. The second kappa shape index (κ2) is 9.15. The molecule has 2 N–H and O–H groups in total. The summed E-state index contributed by atoms with van der Waals surface area (Å²) in [7, 11) is 0. The van der Waals surface area contributed by atoms with Gasteiger partial charge in [-0.25, -0.2) is 5.01 Å². The van der Waals surface area contributed by atoms with Crippen molar-refractivity contribution < 1.29 is 14.8 Å². The fraction of sp³-hybridized carbons (Fsp3) is 0.364. The second-order valence-corrected chi connectivity index (χ2v) is 7.94. The van der Waals surface area contributed by atoms with Crippen LogP contribution in [0, 0.1) is 10.1 Å². The predicted molar refractivity (Wildman–Crippen MR) is 114 cm³/mol. The molecule has 0 radical (unpaired) electrons. The number of non-ortho nitro benzene ring substituents is 1. The third-order valence-electron chi connectivity index (χ3n) is 5.08. The number of nitrogens with one attached hydrogen (secondary N) is 1. The number of hydrogen-bond acceptors (Lipinski definition) is 6. The fourth-order valence-corrected chi connectivity index (χ4v) is 3.33. The van der Waals surface area contributed by atoms with E-state index in [1.807, 2.05) is 44.2 Å². The summed E-state index contributed by atoms with van der Waals surface area (Å²) in [5.74, 6) is -0.182. The number of aliphatic hydroxyl groups excluding tert-OH is 1. The monoisotopic (exact) mass is 410 g/mol. The van der Waals surface area contributed by atoms with Crippen LogP contribution in [0.15, 0.2) is 59.7 Å².